The summed E-state index contributed by atoms with van der Waals surface area (Å²) in [4.78, 5) is 12.1. The van der Waals surface area contributed by atoms with E-state index in [-0.39, 0.29) is 5.91 Å². The summed E-state index contributed by atoms with van der Waals surface area (Å²) in [5.74, 6) is 1.89. The molecule has 0 bridgehead atoms. The second-order valence-electron chi connectivity index (χ2n) is 6.40. The Kier molecular flexibility index (Phi) is 5.39. The number of thioether (sulfide) groups is 1. The van der Waals surface area contributed by atoms with Crippen molar-refractivity contribution < 1.29 is 4.79 Å². The highest BCUT2D eigenvalue weighted by Gasteiger charge is 2.30. The Morgan fingerprint density at radius 1 is 1.40 bits per heavy atom. The summed E-state index contributed by atoms with van der Waals surface area (Å²) >= 11 is 1.57. The molecular formula is C18H21N5OS. The van der Waals surface area contributed by atoms with Crippen molar-refractivity contribution in [2.75, 3.05) is 11.1 Å². The van der Waals surface area contributed by atoms with Gasteiger partial charge in [0.1, 0.15) is 11.9 Å². The summed E-state index contributed by atoms with van der Waals surface area (Å²) in [5.41, 5.74) is 1.03. The molecule has 1 aliphatic carbocycles. The van der Waals surface area contributed by atoms with Crippen LogP contribution in [0.4, 0.5) is 5.69 Å². The van der Waals surface area contributed by atoms with Crippen LogP contribution in [0.3, 0.4) is 0 Å². The van der Waals surface area contributed by atoms with Gasteiger partial charge in [-0.2, -0.15) is 5.26 Å². The van der Waals surface area contributed by atoms with Crippen molar-refractivity contribution in [3.05, 3.63) is 35.7 Å². The summed E-state index contributed by atoms with van der Waals surface area (Å²) in [7, 11) is 0. The number of amides is 1. The van der Waals surface area contributed by atoms with Gasteiger partial charge in [-0.05, 0) is 25.0 Å². The zero-order valence-electron chi connectivity index (χ0n) is 14.4. The van der Waals surface area contributed by atoms with E-state index >= 15 is 0 Å². The molecule has 1 amide bonds. The maximum Gasteiger partial charge on any atom is 0.225 e. The number of hydrogen-bond acceptors (Lipinski definition) is 5. The van der Waals surface area contributed by atoms with Gasteiger partial charge in [0.05, 0.1) is 11.3 Å². The summed E-state index contributed by atoms with van der Waals surface area (Å²) in [6.45, 7) is 4.24. The molecular weight excluding hydrogens is 334 g/mol. The average Bonchev–Trinajstić information content (AvgIpc) is 3.35. The summed E-state index contributed by atoms with van der Waals surface area (Å²) in [6.07, 6.45) is 2.71. The van der Waals surface area contributed by atoms with E-state index < -0.39 is 0 Å². The molecule has 25 heavy (non-hydrogen) atoms. The molecule has 0 saturated heterocycles. The first kappa shape index (κ1) is 17.5. The van der Waals surface area contributed by atoms with Crippen molar-refractivity contribution in [2.24, 2.45) is 0 Å². The molecule has 130 valence electrons. The number of aromatic nitrogens is 3. The Morgan fingerprint density at radius 3 is 2.84 bits per heavy atom. The Bertz CT molecular complexity index is 804. The minimum absolute atomic E-state index is 0.100. The van der Waals surface area contributed by atoms with Gasteiger partial charge in [-0.1, -0.05) is 37.7 Å². The molecule has 1 aromatic heterocycles. The molecule has 1 saturated carbocycles. The van der Waals surface area contributed by atoms with Gasteiger partial charge in [0, 0.05) is 24.1 Å². The molecule has 0 radical (unpaired) electrons. The van der Waals surface area contributed by atoms with Crippen LogP contribution in [0.1, 0.15) is 56.5 Å². The van der Waals surface area contributed by atoms with Gasteiger partial charge < -0.3 is 9.88 Å². The molecule has 0 spiro atoms. The number of rotatable bonds is 7. The van der Waals surface area contributed by atoms with Crippen LogP contribution in [0.15, 0.2) is 29.4 Å². The molecule has 7 heteroatoms. The van der Waals surface area contributed by atoms with Crippen LogP contribution >= 0.6 is 11.8 Å². The molecule has 6 nitrogen and oxygen atoms in total. The Labute approximate surface area is 151 Å². The van der Waals surface area contributed by atoms with Crippen LogP contribution in [-0.4, -0.2) is 26.4 Å². The Hall–Kier alpha value is -2.33. The minimum atomic E-state index is -0.100. The molecule has 1 N–H and O–H groups in total. The van der Waals surface area contributed by atoms with Crippen molar-refractivity contribution in [1.29, 1.82) is 5.26 Å². The Morgan fingerprint density at radius 2 is 2.16 bits per heavy atom. The second-order valence-corrected chi connectivity index (χ2v) is 7.46. The molecule has 1 fully saturated rings. The summed E-state index contributed by atoms with van der Waals surface area (Å²) < 4.78 is 2.23. The van der Waals surface area contributed by atoms with Crippen molar-refractivity contribution >= 4 is 23.4 Å². The molecule has 0 unspecified atom stereocenters. The summed E-state index contributed by atoms with van der Waals surface area (Å²) in [6, 6.07) is 9.61. The molecule has 2 aromatic rings. The van der Waals surface area contributed by atoms with E-state index in [0.717, 1.165) is 11.0 Å². The third-order valence-corrected chi connectivity index (χ3v) is 4.95. The van der Waals surface area contributed by atoms with Gasteiger partial charge in [0.2, 0.25) is 5.91 Å². The fraction of sp³-hybridized carbons (Fsp3) is 0.444. The van der Waals surface area contributed by atoms with Crippen LogP contribution in [-0.2, 0) is 4.79 Å². The first-order chi connectivity index (χ1) is 12.1. The fourth-order valence-corrected chi connectivity index (χ4v) is 3.54. The molecule has 3 rings (SSSR count). The third-order valence-electron chi connectivity index (χ3n) is 4.00. The molecule has 1 aliphatic rings. The van der Waals surface area contributed by atoms with Crippen molar-refractivity contribution in [3.8, 4) is 6.07 Å². The average molecular weight is 355 g/mol. The van der Waals surface area contributed by atoms with Crippen LogP contribution < -0.4 is 5.32 Å². The van der Waals surface area contributed by atoms with E-state index in [1.54, 1.807) is 36.0 Å². The topological polar surface area (TPSA) is 83.6 Å². The van der Waals surface area contributed by atoms with Gasteiger partial charge in [0.25, 0.3) is 0 Å². The van der Waals surface area contributed by atoms with E-state index in [1.807, 2.05) is 0 Å². The number of nitrogens with zero attached hydrogens (tertiary/aromatic N) is 4. The van der Waals surface area contributed by atoms with Gasteiger partial charge in [-0.3, -0.25) is 4.79 Å². The van der Waals surface area contributed by atoms with Crippen LogP contribution in [0, 0.1) is 11.3 Å². The van der Waals surface area contributed by atoms with Crippen molar-refractivity contribution in [2.45, 2.75) is 50.2 Å². The first-order valence-corrected chi connectivity index (χ1v) is 9.45. The SMILES string of the molecule is CC(C)c1nnc(SCCC(=O)Nc2ccccc2C#N)n1C1CC1. The number of carbonyl (C=O) groups excluding carboxylic acids is 1. The highest BCUT2D eigenvalue weighted by atomic mass is 32.2. The highest BCUT2D eigenvalue weighted by Crippen LogP contribution is 2.40. The van der Waals surface area contributed by atoms with Gasteiger partial charge in [-0.15, -0.1) is 10.2 Å². The van der Waals surface area contributed by atoms with Crippen LogP contribution in [0.2, 0.25) is 0 Å². The van der Waals surface area contributed by atoms with Crippen LogP contribution in [0.25, 0.3) is 0 Å². The number of anilines is 1. The van der Waals surface area contributed by atoms with E-state index in [2.05, 4.69) is 40.0 Å². The fourth-order valence-electron chi connectivity index (χ4n) is 2.59. The van der Waals surface area contributed by atoms with E-state index in [0.29, 0.717) is 35.4 Å². The molecule has 0 aliphatic heterocycles. The predicted octanol–water partition coefficient (Wildman–Crippen LogP) is 3.73. The van der Waals surface area contributed by atoms with Crippen molar-refractivity contribution in [3.63, 3.8) is 0 Å². The lowest BCUT2D eigenvalue weighted by atomic mass is 10.2. The molecule has 1 aromatic carbocycles. The van der Waals surface area contributed by atoms with E-state index in [1.165, 1.54) is 12.8 Å². The number of hydrogen-bond donors (Lipinski definition) is 1. The predicted molar refractivity (Wildman–Crippen MR) is 97.5 cm³/mol. The monoisotopic (exact) mass is 355 g/mol. The van der Waals surface area contributed by atoms with Gasteiger partial charge in [-0.25, -0.2) is 0 Å². The normalized spacial score (nSPS) is 13.7. The maximum atomic E-state index is 12.1. The number of para-hydroxylation sites is 1. The van der Waals surface area contributed by atoms with Crippen molar-refractivity contribution in [1.82, 2.24) is 14.8 Å². The first-order valence-electron chi connectivity index (χ1n) is 8.46. The standard InChI is InChI=1S/C18H21N5OS/c1-12(2)17-21-22-18(23(17)14-7-8-14)25-10-9-16(24)20-15-6-4-3-5-13(15)11-19/h3-6,12,14H,7-10H2,1-2H3,(H,20,24). The minimum Gasteiger partial charge on any atom is -0.325 e. The Balaban J connectivity index is 1.56. The largest absolute Gasteiger partial charge is 0.325 e. The lowest BCUT2D eigenvalue weighted by Gasteiger charge is -2.10. The third kappa shape index (κ3) is 4.20. The number of carbonyl (C=O) groups is 1. The molecule has 1 heterocycles. The second kappa shape index (κ2) is 7.70. The van der Waals surface area contributed by atoms with E-state index in [4.69, 9.17) is 5.26 Å². The van der Waals surface area contributed by atoms with Gasteiger partial charge >= 0.3 is 0 Å². The van der Waals surface area contributed by atoms with Crippen LogP contribution in [0.5, 0.6) is 0 Å². The smallest absolute Gasteiger partial charge is 0.225 e. The highest BCUT2D eigenvalue weighted by molar-refractivity contribution is 7.99. The lowest BCUT2D eigenvalue weighted by Crippen LogP contribution is -2.13. The quantitative estimate of drug-likeness (QED) is 0.765. The lowest BCUT2D eigenvalue weighted by molar-refractivity contribution is -0.115. The molecule has 0 atom stereocenters. The summed E-state index contributed by atoms with van der Waals surface area (Å²) in [5, 5.41) is 21.4. The number of benzene rings is 1. The van der Waals surface area contributed by atoms with Gasteiger partial charge in [0.15, 0.2) is 5.16 Å². The maximum absolute atomic E-state index is 12.1. The number of nitriles is 1. The van der Waals surface area contributed by atoms with E-state index in [9.17, 15) is 4.79 Å². The zero-order valence-corrected chi connectivity index (χ0v) is 15.2. The zero-order chi connectivity index (χ0) is 17.8. The number of nitrogens with one attached hydrogen (secondary N) is 1.